The van der Waals surface area contributed by atoms with Gasteiger partial charge in [-0.25, -0.2) is 4.79 Å². The van der Waals surface area contributed by atoms with Gasteiger partial charge in [-0.15, -0.1) is 0 Å². The highest BCUT2D eigenvalue weighted by atomic mass is 28.4. The fourth-order valence-electron chi connectivity index (χ4n) is 8.11. The number of hydrogen-bond acceptors (Lipinski definition) is 6. The molecule has 2 bridgehead atoms. The number of carbonyl (C=O) groups excluding carboxylic acids is 3. The van der Waals surface area contributed by atoms with Gasteiger partial charge in [0.2, 0.25) is 5.91 Å². The summed E-state index contributed by atoms with van der Waals surface area (Å²) in [5, 5.41) is 2.81. The van der Waals surface area contributed by atoms with E-state index in [2.05, 4.69) is 59.6 Å². The first kappa shape index (κ1) is 37.2. The molecule has 3 rings (SSSR count). The highest BCUT2D eigenvalue weighted by Gasteiger charge is 2.72. The van der Waals surface area contributed by atoms with Gasteiger partial charge in [0.15, 0.2) is 14.1 Å². The highest BCUT2D eigenvalue weighted by Crippen LogP contribution is 2.71. The number of nitrogens with zero attached hydrogens (tertiary/aromatic N) is 1. The van der Waals surface area contributed by atoms with Gasteiger partial charge >= 0.3 is 6.09 Å². The number of hydrogen-bond donors (Lipinski definition) is 1. The first-order valence-corrected chi connectivity index (χ1v) is 20.3. The maximum atomic E-state index is 14.7. The third kappa shape index (κ3) is 7.51. The van der Waals surface area contributed by atoms with Gasteiger partial charge in [0.1, 0.15) is 18.2 Å². The Morgan fingerprint density at radius 2 is 1.69 bits per heavy atom. The Labute approximate surface area is 273 Å². The molecule has 2 aliphatic carbocycles. The molecule has 2 fully saturated rings. The molecule has 8 nitrogen and oxygen atoms in total. The third-order valence-corrected chi connectivity index (χ3v) is 12.3. The zero-order chi connectivity index (χ0) is 34.0. The zero-order valence-electron chi connectivity index (χ0n) is 30.0. The van der Waals surface area contributed by atoms with Crippen molar-refractivity contribution < 1.29 is 28.3 Å². The molecular formula is C36H60N2O6Si. The Balaban J connectivity index is 1.86. The van der Waals surface area contributed by atoms with E-state index in [0.717, 1.165) is 31.2 Å². The Morgan fingerprint density at radius 3 is 2.16 bits per heavy atom. The second-order valence-corrected chi connectivity index (χ2v) is 20.1. The summed E-state index contributed by atoms with van der Waals surface area (Å²) in [6.45, 7) is 21.5. The van der Waals surface area contributed by atoms with Crippen molar-refractivity contribution >= 4 is 26.1 Å². The largest absolute Gasteiger partial charge is 0.445 e. The van der Waals surface area contributed by atoms with Gasteiger partial charge in [-0.2, -0.15) is 0 Å². The topological polar surface area (TPSA) is 94.2 Å². The van der Waals surface area contributed by atoms with E-state index in [1.54, 1.807) is 19.1 Å². The van der Waals surface area contributed by atoms with Crippen LogP contribution in [0.2, 0.25) is 19.6 Å². The van der Waals surface area contributed by atoms with E-state index in [-0.39, 0.29) is 53.4 Å². The van der Waals surface area contributed by atoms with E-state index < -0.39 is 32.2 Å². The van der Waals surface area contributed by atoms with Gasteiger partial charge in [-0.05, 0) is 67.6 Å². The van der Waals surface area contributed by atoms with Gasteiger partial charge in [0.05, 0.1) is 12.1 Å². The average Bonchev–Trinajstić information content (AvgIpc) is 3.29. The molecule has 2 aliphatic rings. The Kier molecular flexibility index (Phi) is 11.8. The van der Waals surface area contributed by atoms with Crippen molar-refractivity contribution in [1.82, 2.24) is 10.2 Å². The van der Waals surface area contributed by atoms with E-state index in [1.165, 1.54) is 0 Å². The van der Waals surface area contributed by atoms with Gasteiger partial charge in [-0.3, -0.25) is 9.59 Å². The summed E-state index contributed by atoms with van der Waals surface area (Å²) in [6, 6.07) is 8.25. The number of alkyl carbamates (subject to hydrolysis) is 1. The smallest absolute Gasteiger partial charge is 0.408 e. The van der Waals surface area contributed by atoms with Crippen LogP contribution in [0.25, 0.3) is 0 Å². The number of nitrogens with one attached hydrogen (secondary N) is 1. The molecule has 0 saturated heterocycles. The number of methoxy groups -OCH3 is 1. The van der Waals surface area contributed by atoms with Gasteiger partial charge < -0.3 is 24.1 Å². The number of ketones is 1. The van der Waals surface area contributed by atoms with Gasteiger partial charge in [-0.1, -0.05) is 85.2 Å². The van der Waals surface area contributed by atoms with E-state index in [9.17, 15) is 14.4 Å². The van der Waals surface area contributed by atoms with Crippen LogP contribution >= 0.6 is 0 Å². The number of amides is 2. The normalized spacial score (nSPS) is 26.6. The third-order valence-electron chi connectivity index (χ3n) is 11.3. The first-order chi connectivity index (χ1) is 20.8. The number of benzene rings is 1. The quantitative estimate of drug-likeness (QED) is 0.203. The molecule has 1 N–H and O–H groups in total. The summed E-state index contributed by atoms with van der Waals surface area (Å²) in [5.41, 5.74) is -0.293. The SMILES string of the molecule is CC[C@H](C)[C@@H]([C@@H](CC(=O)[C@@]1(O[Si](C)(C)C)C[C@H]2CC[C@]1(C)C2(C)C)OC)N(C)C(=O)[C@@H](NC(=O)OCc1ccccc1)C(C)C. The second kappa shape index (κ2) is 14.3. The number of rotatable bonds is 15. The lowest BCUT2D eigenvalue weighted by atomic mass is 9.62. The summed E-state index contributed by atoms with van der Waals surface area (Å²) in [7, 11) is 1.28. The fourth-order valence-corrected chi connectivity index (χ4v) is 9.57. The molecule has 2 saturated carbocycles. The molecule has 0 aliphatic heterocycles. The number of likely N-dealkylation sites (N-methyl/N-ethyl adjacent to an activating group) is 1. The molecule has 254 valence electrons. The van der Waals surface area contributed by atoms with E-state index in [0.29, 0.717) is 5.92 Å². The monoisotopic (exact) mass is 644 g/mol. The number of fused-ring (bicyclic) bond motifs is 2. The molecule has 0 spiro atoms. The van der Waals surface area contributed by atoms with Crippen molar-refractivity contribution in [1.29, 1.82) is 0 Å². The molecule has 0 aromatic heterocycles. The van der Waals surface area contributed by atoms with E-state index in [1.807, 2.05) is 44.2 Å². The van der Waals surface area contributed by atoms with Gasteiger partial charge in [0, 0.05) is 26.0 Å². The highest BCUT2D eigenvalue weighted by molar-refractivity contribution is 6.70. The number of carbonyl (C=O) groups is 3. The van der Waals surface area contributed by atoms with Crippen LogP contribution < -0.4 is 5.32 Å². The molecule has 45 heavy (non-hydrogen) atoms. The summed E-state index contributed by atoms with van der Waals surface area (Å²) < 4.78 is 18.6. The van der Waals surface area contributed by atoms with Crippen molar-refractivity contribution in [3.8, 4) is 0 Å². The first-order valence-electron chi connectivity index (χ1n) is 16.8. The maximum absolute atomic E-state index is 14.7. The summed E-state index contributed by atoms with van der Waals surface area (Å²) in [5.74, 6) is 0.136. The van der Waals surface area contributed by atoms with Gasteiger partial charge in [0.25, 0.3) is 0 Å². The van der Waals surface area contributed by atoms with Crippen LogP contribution in [0.15, 0.2) is 30.3 Å². The summed E-state index contributed by atoms with van der Waals surface area (Å²) in [4.78, 5) is 43.3. The lowest BCUT2D eigenvalue weighted by Gasteiger charge is -2.51. The molecule has 0 radical (unpaired) electrons. The van der Waals surface area contributed by atoms with E-state index >= 15 is 0 Å². The minimum atomic E-state index is -2.11. The van der Waals surface area contributed by atoms with Crippen molar-refractivity contribution in [3.63, 3.8) is 0 Å². The van der Waals surface area contributed by atoms with Crippen molar-refractivity contribution in [2.75, 3.05) is 14.2 Å². The van der Waals surface area contributed by atoms with E-state index in [4.69, 9.17) is 13.9 Å². The van der Waals surface area contributed by atoms with Crippen LogP contribution in [0.3, 0.4) is 0 Å². The molecule has 2 amide bonds. The molecule has 1 aromatic carbocycles. The van der Waals surface area contributed by atoms with Crippen LogP contribution in [0.1, 0.15) is 86.1 Å². The molecule has 7 atom stereocenters. The molecule has 1 aromatic rings. The fraction of sp³-hybridized carbons (Fsp3) is 0.750. The summed E-state index contributed by atoms with van der Waals surface area (Å²) in [6.07, 6.45) is 2.59. The van der Waals surface area contributed by atoms with Crippen LogP contribution in [-0.4, -0.2) is 68.9 Å². The zero-order valence-corrected chi connectivity index (χ0v) is 31.0. The number of Topliss-reactive ketones (excluding diaryl/α,β-unsaturated/α-hetero) is 1. The van der Waals surface area contributed by atoms with Crippen LogP contribution in [0, 0.1) is 28.6 Å². The lowest BCUT2D eigenvalue weighted by molar-refractivity contribution is -0.157. The van der Waals surface area contributed by atoms with Crippen LogP contribution in [0.5, 0.6) is 0 Å². The Bertz CT molecular complexity index is 1180. The van der Waals surface area contributed by atoms with Crippen molar-refractivity contribution in [2.24, 2.45) is 28.6 Å². The maximum Gasteiger partial charge on any atom is 0.408 e. The predicted molar refractivity (Wildman–Crippen MR) is 181 cm³/mol. The standard InChI is InChI=1S/C36H60N2O6Si/c1-13-25(4)31(38(8)32(40)30(24(2)3)37-33(41)43-23-26-17-15-14-16-18-26)28(42-9)21-29(39)36(44-45(10,11)12)22-27-19-20-35(36,7)34(27,5)6/h14-18,24-25,27-28,30-31H,13,19-23H2,1-12H3,(H,37,41)/t25-,27+,28+,30-,31-,35+,36-/m0/s1. The Hall–Kier alpha value is -2.23. The average molecular weight is 645 g/mol. The van der Waals surface area contributed by atoms with Crippen LogP contribution in [0.4, 0.5) is 4.79 Å². The van der Waals surface area contributed by atoms with Crippen LogP contribution in [-0.2, 0) is 30.1 Å². The predicted octanol–water partition coefficient (Wildman–Crippen LogP) is 7.22. The van der Waals surface area contributed by atoms with Crippen molar-refractivity contribution in [2.45, 2.75) is 131 Å². The molecule has 9 heteroatoms. The minimum absolute atomic E-state index is 0.0149. The van der Waals surface area contributed by atoms with Crippen molar-refractivity contribution in [3.05, 3.63) is 35.9 Å². The molecular weight excluding hydrogens is 584 g/mol. The lowest BCUT2D eigenvalue weighted by Crippen LogP contribution is -2.61. The number of ether oxygens (including phenoxy) is 2. The second-order valence-electron chi connectivity index (χ2n) is 15.7. The molecule has 0 unspecified atom stereocenters. The molecule has 0 heterocycles. The minimum Gasteiger partial charge on any atom is -0.445 e. The summed E-state index contributed by atoms with van der Waals surface area (Å²) >= 11 is 0. The Morgan fingerprint density at radius 1 is 1.07 bits per heavy atom.